The number of likely N-dealkylation sites (tertiary alicyclic amines) is 1. The lowest BCUT2D eigenvalue weighted by atomic mass is 10.0. The maximum absolute atomic E-state index is 13.2. The lowest BCUT2D eigenvalue weighted by molar-refractivity contribution is -0.122. The van der Waals surface area contributed by atoms with Gasteiger partial charge in [0.15, 0.2) is 0 Å². The van der Waals surface area contributed by atoms with E-state index in [1.807, 2.05) is 25.1 Å². The Morgan fingerprint density at radius 3 is 2.42 bits per heavy atom. The third kappa shape index (κ3) is 6.71. The summed E-state index contributed by atoms with van der Waals surface area (Å²) in [6, 6.07) is 14.0. The van der Waals surface area contributed by atoms with E-state index in [1.54, 1.807) is 24.3 Å². The van der Waals surface area contributed by atoms with Crippen LogP contribution in [0.1, 0.15) is 43.7 Å². The smallest absolute Gasteiger partial charge is 0.244 e. The topological polar surface area (TPSA) is 79.0 Å². The summed E-state index contributed by atoms with van der Waals surface area (Å²) < 4.78 is 31.8. The molecular weight excluding hydrogens is 438 g/mol. The average molecular weight is 474 g/mol. The molecule has 0 radical (unpaired) electrons. The molecule has 7 nitrogen and oxygen atoms in total. The number of ether oxygens (including phenoxy) is 1. The van der Waals surface area contributed by atoms with Crippen molar-refractivity contribution in [2.24, 2.45) is 0 Å². The Kier molecular flexibility index (Phi) is 8.74. The van der Waals surface area contributed by atoms with Crippen LogP contribution in [0.2, 0.25) is 0 Å². The molecule has 2 aromatic carbocycles. The number of methoxy groups -OCH3 is 1. The summed E-state index contributed by atoms with van der Waals surface area (Å²) in [5.74, 6) is 0.210. The second kappa shape index (κ2) is 11.5. The largest absolute Gasteiger partial charge is 0.497 e. The van der Waals surface area contributed by atoms with Gasteiger partial charge >= 0.3 is 0 Å². The number of hydrogen-bond acceptors (Lipinski definition) is 5. The number of nitrogens with zero attached hydrogens (tertiary/aromatic N) is 2. The van der Waals surface area contributed by atoms with Crippen LogP contribution in [0.25, 0.3) is 0 Å². The van der Waals surface area contributed by atoms with Gasteiger partial charge < -0.3 is 10.1 Å². The molecular formula is C25H35N3O4S. The van der Waals surface area contributed by atoms with Crippen LogP contribution < -0.4 is 14.4 Å². The van der Waals surface area contributed by atoms with Crippen molar-refractivity contribution in [1.82, 2.24) is 10.2 Å². The predicted molar refractivity (Wildman–Crippen MR) is 132 cm³/mol. The van der Waals surface area contributed by atoms with Crippen LogP contribution in [0.5, 0.6) is 5.75 Å². The van der Waals surface area contributed by atoms with Gasteiger partial charge in [-0.15, -0.1) is 0 Å². The van der Waals surface area contributed by atoms with Gasteiger partial charge in [0.1, 0.15) is 11.8 Å². The Morgan fingerprint density at radius 1 is 1.09 bits per heavy atom. The Hall–Kier alpha value is -2.58. The summed E-state index contributed by atoms with van der Waals surface area (Å²) in [6.45, 7) is 5.23. The second-order valence-electron chi connectivity index (χ2n) is 8.51. The maximum atomic E-state index is 13.2. The molecule has 8 heteroatoms. The number of amides is 1. The highest BCUT2D eigenvalue weighted by Crippen LogP contribution is 2.26. The van der Waals surface area contributed by atoms with Gasteiger partial charge in [-0.05, 0) is 55.6 Å². The number of benzene rings is 2. The van der Waals surface area contributed by atoms with Gasteiger partial charge in [-0.3, -0.25) is 14.0 Å². The van der Waals surface area contributed by atoms with Crippen molar-refractivity contribution in [3.8, 4) is 5.75 Å². The molecule has 0 spiro atoms. The number of nitrogens with one attached hydrogen (secondary N) is 1. The molecule has 0 aliphatic carbocycles. The van der Waals surface area contributed by atoms with Gasteiger partial charge in [-0.25, -0.2) is 8.42 Å². The van der Waals surface area contributed by atoms with Crippen molar-refractivity contribution in [1.29, 1.82) is 0 Å². The molecule has 1 aliphatic rings. The van der Waals surface area contributed by atoms with Crippen molar-refractivity contribution >= 4 is 21.6 Å². The molecule has 1 N–H and O–H groups in total. The van der Waals surface area contributed by atoms with Crippen LogP contribution in [0.4, 0.5) is 5.69 Å². The molecule has 1 saturated heterocycles. The first-order chi connectivity index (χ1) is 15.8. The Labute approximate surface area is 197 Å². The van der Waals surface area contributed by atoms with E-state index in [9.17, 15) is 13.2 Å². The molecule has 1 aliphatic heterocycles. The fraction of sp³-hybridized carbons (Fsp3) is 0.480. The van der Waals surface area contributed by atoms with Crippen molar-refractivity contribution in [3.05, 3.63) is 59.7 Å². The molecule has 180 valence electrons. The number of carbonyl (C=O) groups is 1. The minimum atomic E-state index is -3.70. The van der Waals surface area contributed by atoms with E-state index in [0.29, 0.717) is 24.4 Å². The monoisotopic (exact) mass is 473 g/mol. The van der Waals surface area contributed by atoms with Gasteiger partial charge in [-0.2, -0.15) is 0 Å². The normalized spacial score (nSPS) is 15.6. The van der Waals surface area contributed by atoms with E-state index in [1.165, 1.54) is 36.2 Å². The Morgan fingerprint density at radius 2 is 1.79 bits per heavy atom. The van der Waals surface area contributed by atoms with Crippen LogP contribution in [0.3, 0.4) is 0 Å². The molecule has 0 saturated carbocycles. The highest BCUT2D eigenvalue weighted by molar-refractivity contribution is 7.92. The standard InChI is InChI=1S/C25H35N3O4S/c1-4-24(28(33(3,30)31)22-13-10-14-23(17-22)32-2)25(29)26-18-20-11-6-7-12-21(20)19-27-15-8-5-9-16-27/h6-7,10-14,17,24H,4-5,8-9,15-16,18-19H2,1-3H3,(H,26,29)/t24-/m1/s1. The minimum absolute atomic E-state index is 0.321. The van der Waals surface area contributed by atoms with Crippen LogP contribution in [-0.4, -0.2) is 51.7 Å². The van der Waals surface area contributed by atoms with Gasteiger partial charge in [0.2, 0.25) is 15.9 Å². The molecule has 3 rings (SSSR count). The van der Waals surface area contributed by atoms with Crippen molar-refractivity contribution in [2.45, 2.75) is 51.7 Å². The van der Waals surface area contributed by atoms with Crippen LogP contribution >= 0.6 is 0 Å². The van der Waals surface area contributed by atoms with Gasteiger partial charge in [0.05, 0.1) is 19.1 Å². The maximum Gasteiger partial charge on any atom is 0.244 e. The lowest BCUT2D eigenvalue weighted by Crippen LogP contribution is -2.49. The van der Waals surface area contributed by atoms with E-state index < -0.39 is 16.1 Å². The molecule has 1 heterocycles. The predicted octanol–water partition coefficient (Wildman–Crippen LogP) is 3.54. The lowest BCUT2D eigenvalue weighted by Gasteiger charge is -2.30. The molecule has 1 amide bonds. The van der Waals surface area contributed by atoms with Gasteiger partial charge in [0.25, 0.3) is 0 Å². The average Bonchev–Trinajstić information content (AvgIpc) is 2.81. The van der Waals surface area contributed by atoms with Crippen LogP contribution in [0, 0.1) is 0 Å². The van der Waals surface area contributed by atoms with E-state index in [4.69, 9.17) is 4.74 Å². The van der Waals surface area contributed by atoms with E-state index >= 15 is 0 Å². The summed E-state index contributed by atoms with van der Waals surface area (Å²) in [6.07, 6.45) is 5.20. The Balaban J connectivity index is 1.76. The quantitative estimate of drug-likeness (QED) is 0.571. The third-order valence-electron chi connectivity index (χ3n) is 6.05. The summed E-state index contributed by atoms with van der Waals surface area (Å²) in [5.41, 5.74) is 2.66. The first kappa shape index (κ1) is 25.1. The van der Waals surface area contributed by atoms with Crippen LogP contribution in [0.15, 0.2) is 48.5 Å². The zero-order valence-electron chi connectivity index (χ0n) is 19.8. The fourth-order valence-electron chi connectivity index (χ4n) is 4.35. The van der Waals surface area contributed by atoms with E-state index in [0.717, 1.165) is 31.5 Å². The number of carbonyl (C=O) groups excluding carboxylic acids is 1. The highest BCUT2D eigenvalue weighted by atomic mass is 32.2. The highest BCUT2D eigenvalue weighted by Gasteiger charge is 2.31. The first-order valence-electron chi connectivity index (χ1n) is 11.5. The van der Waals surface area contributed by atoms with Gasteiger partial charge in [-0.1, -0.05) is 43.7 Å². The van der Waals surface area contributed by atoms with E-state index in [2.05, 4.69) is 16.3 Å². The SMILES string of the molecule is CC[C@H](C(=O)NCc1ccccc1CN1CCCCC1)N(c1cccc(OC)c1)S(C)(=O)=O. The summed E-state index contributed by atoms with van der Waals surface area (Å²) in [4.78, 5) is 15.7. The molecule has 33 heavy (non-hydrogen) atoms. The molecule has 2 aromatic rings. The summed E-state index contributed by atoms with van der Waals surface area (Å²) >= 11 is 0. The third-order valence-corrected chi connectivity index (χ3v) is 7.23. The number of piperidine rings is 1. The first-order valence-corrected chi connectivity index (χ1v) is 13.4. The minimum Gasteiger partial charge on any atom is -0.497 e. The molecule has 0 unspecified atom stereocenters. The van der Waals surface area contributed by atoms with Gasteiger partial charge in [0, 0.05) is 19.2 Å². The number of anilines is 1. The molecule has 1 atom stereocenters. The number of hydrogen-bond donors (Lipinski definition) is 1. The van der Waals surface area contributed by atoms with E-state index in [-0.39, 0.29) is 5.91 Å². The fourth-order valence-corrected chi connectivity index (χ4v) is 5.55. The van der Waals surface area contributed by atoms with Crippen molar-refractivity contribution < 1.29 is 17.9 Å². The summed E-state index contributed by atoms with van der Waals surface area (Å²) in [5, 5.41) is 2.98. The number of rotatable bonds is 10. The zero-order chi connectivity index (χ0) is 23.8. The summed E-state index contributed by atoms with van der Waals surface area (Å²) in [7, 11) is -2.18. The van der Waals surface area contributed by atoms with Crippen LogP contribution in [-0.2, 0) is 27.9 Å². The zero-order valence-corrected chi connectivity index (χ0v) is 20.6. The molecule has 0 aromatic heterocycles. The molecule has 0 bridgehead atoms. The number of sulfonamides is 1. The second-order valence-corrected chi connectivity index (χ2v) is 10.4. The molecule has 1 fully saturated rings. The van der Waals surface area contributed by atoms with Crippen molar-refractivity contribution in [2.75, 3.05) is 30.8 Å². The Bertz CT molecular complexity index is 1040. The van der Waals surface area contributed by atoms with Crippen molar-refractivity contribution in [3.63, 3.8) is 0 Å².